The Morgan fingerprint density at radius 1 is 1.41 bits per heavy atom. The average molecular weight is 233 g/mol. The number of carbonyl (C=O) groups is 1. The maximum Gasteiger partial charge on any atom is 0.264 e. The monoisotopic (exact) mass is 233 g/mol. The minimum absolute atomic E-state index is 0.0595. The fourth-order valence-corrected chi connectivity index (χ4v) is 1.65. The van der Waals surface area contributed by atoms with Gasteiger partial charge in [-0.15, -0.1) is 0 Å². The molecule has 1 heterocycles. The molecule has 5 heteroatoms. The fraction of sp³-hybridized carbons (Fsp3) is 0.167. The van der Waals surface area contributed by atoms with Crippen LogP contribution in [0.15, 0.2) is 30.5 Å². The molecular formula is C12H12FN3O. The third-order valence-electron chi connectivity index (χ3n) is 2.60. The Balaban J connectivity index is 2.33. The summed E-state index contributed by atoms with van der Waals surface area (Å²) in [6, 6.07) is 7.42. The van der Waals surface area contributed by atoms with E-state index in [2.05, 4.69) is 10.2 Å². The second-order valence-electron chi connectivity index (χ2n) is 3.75. The minimum atomic E-state index is -0.713. The molecule has 0 aliphatic heterocycles. The van der Waals surface area contributed by atoms with Crippen LogP contribution in [-0.2, 0) is 0 Å². The second kappa shape index (κ2) is 4.37. The highest BCUT2D eigenvalue weighted by Crippen LogP contribution is 2.20. The number of halogens is 1. The Morgan fingerprint density at radius 2 is 2.12 bits per heavy atom. The number of aryl methyl sites for hydroxylation is 1. The van der Waals surface area contributed by atoms with Crippen molar-refractivity contribution in [2.24, 2.45) is 0 Å². The van der Waals surface area contributed by atoms with Gasteiger partial charge in [0.05, 0.1) is 6.20 Å². The molecule has 4 nitrogen and oxygen atoms in total. The molecule has 88 valence electrons. The quantitative estimate of drug-likeness (QED) is 0.863. The number of rotatable bonds is 2. The topological polar surface area (TPSA) is 49.0 Å². The molecule has 0 saturated carbocycles. The summed E-state index contributed by atoms with van der Waals surface area (Å²) in [7, 11) is 1.61. The predicted octanol–water partition coefficient (Wildman–Crippen LogP) is 2.13. The van der Waals surface area contributed by atoms with Crippen molar-refractivity contribution in [3.8, 4) is 0 Å². The predicted molar refractivity (Wildman–Crippen MR) is 62.5 cm³/mol. The van der Waals surface area contributed by atoms with Gasteiger partial charge in [0.2, 0.25) is 5.95 Å². The zero-order valence-electron chi connectivity index (χ0n) is 9.57. The molecule has 1 aromatic carbocycles. The molecule has 0 aliphatic rings. The molecule has 0 radical (unpaired) electrons. The number of hydrogen-bond acceptors (Lipinski definition) is 2. The summed E-state index contributed by atoms with van der Waals surface area (Å²) < 4.78 is 13.2. The van der Waals surface area contributed by atoms with Crippen LogP contribution >= 0.6 is 0 Å². The Kier molecular flexibility index (Phi) is 2.91. The molecule has 1 amide bonds. The van der Waals surface area contributed by atoms with E-state index in [1.54, 1.807) is 7.05 Å². The van der Waals surface area contributed by atoms with Gasteiger partial charge in [-0.25, -0.2) is 0 Å². The van der Waals surface area contributed by atoms with Crippen molar-refractivity contribution in [2.45, 2.75) is 6.92 Å². The highest BCUT2D eigenvalue weighted by atomic mass is 19.1. The van der Waals surface area contributed by atoms with Crippen LogP contribution in [0.3, 0.4) is 0 Å². The number of hydrogen-bond donors (Lipinski definition) is 1. The number of benzene rings is 1. The SMILES string of the molecule is Cc1ccccc1N(C)C(=O)c1cn[nH]c1F. The normalized spacial score (nSPS) is 10.3. The zero-order chi connectivity index (χ0) is 12.4. The van der Waals surface area contributed by atoms with Crippen molar-refractivity contribution in [2.75, 3.05) is 11.9 Å². The number of carbonyl (C=O) groups excluding carboxylic acids is 1. The lowest BCUT2D eigenvalue weighted by Gasteiger charge is -2.18. The maximum atomic E-state index is 13.2. The summed E-state index contributed by atoms with van der Waals surface area (Å²) in [6.07, 6.45) is 1.19. The summed E-state index contributed by atoms with van der Waals surface area (Å²) in [5, 5.41) is 5.60. The summed E-state index contributed by atoms with van der Waals surface area (Å²) in [4.78, 5) is 13.4. The van der Waals surface area contributed by atoms with E-state index >= 15 is 0 Å². The molecule has 0 spiro atoms. The standard InChI is InChI=1S/C12H12FN3O/c1-8-5-3-4-6-10(8)16(2)12(17)9-7-14-15-11(9)13/h3-7H,1-2H3,(H,14,15). The smallest absolute Gasteiger partial charge is 0.264 e. The van der Waals surface area contributed by atoms with Crippen molar-refractivity contribution in [3.63, 3.8) is 0 Å². The van der Waals surface area contributed by atoms with Gasteiger partial charge in [0, 0.05) is 12.7 Å². The van der Waals surface area contributed by atoms with Crippen LogP contribution in [0.25, 0.3) is 0 Å². The second-order valence-corrected chi connectivity index (χ2v) is 3.75. The largest absolute Gasteiger partial charge is 0.311 e. The third kappa shape index (κ3) is 2.04. The van der Waals surface area contributed by atoms with E-state index < -0.39 is 11.9 Å². The Labute approximate surface area is 98.1 Å². The van der Waals surface area contributed by atoms with Crippen LogP contribution in [0.4, 0.5) is 10.1 Å². The minimum Gasteiger partial charge on any atom is -0.311 e. The lowest BCUT2D eigenvalue weighted by Crippen LogP contribution is -2.27. The first-order valence-corrected chi connectivity index (χ1v) is 5.14. The van der Waals surface area contributed by atoms with E-state index in [-0.39, 0.29) is 5.56 Å². The summed E-state index contributed by atoms with van der Waals surface area (Å²) in [6.45, 7) is 1.89. The van der Waals surface area contributed by atoms with Crippen molar-refractivity contribution in [1.82, 2.24) is 10.2 Å². The number of nitrogens with one attached hydrogen (secondary N) is 1. The number of anilines is 1. The third-order valence-corrected chi connectivity index (χ3v) is 2.60. The van der Waals surface area contributed by atoms with Crippen LogP contribution in [0.1, 0.15) is 15.9 Å². The van der Waals surface area contributed by atoms with Gasteiger partial charge in [-0.1, -0.05) is 18.2 Å². The number of amides is 1. The Hall–Kier alpha value is -2.17. The number of nitrogens with zero attached hydrogens (tertiary/aromatic N) is 2. The van der Waals surface area contributed by atoms with Crippen LogP contribution in [0, 0.1) is 12.9 Å². The van der Waals surface area contributed by atoms with E-state index in [1.807, 2.05) is 31.2 Å². The van der Waals surface area contributed by atoms with Gasteiger partial charge >= 0.3 is 0 Å². The van der Waals surface area contributed by atoms with Gasteiger partial charge in [0.25, 0.3) is 5.91 Å². The molecule has 0 saturated heterocycles. The molecule has 0 aliphatic carbocycles. The van der Waals surface area contributed by atoms with Gasteiger partial charge in [0.15, 0.2) is 0 Å². The fourth-order valence-electron chi connectivity index (χ4n) is 1.65. The van der Waals surface area contributed by atoms with E-state index in [9.17, 15) is 9.18 Å². The summed E-state index contributed by atoms with van der Waals surface area (Å²) in [5.74, 6) is -1.14. The number of H-pyrrole nitrogens is 1. The van der Waals surface area contributed by atoms with Crippen molar-refractivity contribution in [3.05, 3.63) is 47.5 Å². The number of para-hydroxylation sites is 1. The molecule has 0 fully saturated rings. The first-order valence-electron chi connectivity index (χ1n) is 5.14. The molecular weight excluding hydrogens is 221 g/mol. The van der Waals surface area contributed by atoms with Gasteiger partial charge in [-0.05, 0) is 18.6 Å². The average Bonchev–Trinajstić information content (AvgIpc) is 2.74. The van der Waals surface area contributed by atoms with Gasteiger partial charge < -0.3 is 4.90 Å². The first-order chi connectivity index (χ1) is 8.11. The van der Waals surface area contributed by atoms with Gasteiger partial charge in [-0.2, -0.15) is 9.49 Å². The number of aromatic amines is 1. The molecule has 17 heavy (non-hydrogen) atoms. The zero-order valence-corrected chi connectivity index (χ0v) is 9.57. The maximum absolute atomic E-state index is 13.2. The van der Waals surface area contributed by atoms with Crippen LogP contribution in [-0.4, -0.2) is 23.2 Å². The van der Waals surface area contributed by atoms with E-state index in [1.165, 1.54) is 11.1 Å². The van der Waals surface area contributed by atoms with Crippen molar-refractivity contribution >= 4 is 11.6 Å². The highest BCUT2D eigenvalue weighted by Gasteiger charge is 2.19. The van der Waals surface area contributed by atoms with E-state index in [0.29, 0.717) is 0 Å². The van der Waals surface area contributed by atoms with E-state index in [4.69, 9.17) is 0 Å². The van der Waals surface area contributed by atoms with Crippen molar-refractivity contribution in [1.29, 1.82) is 0 Å². The van der Waals surface area contributed by atoms with Gasteiger partial charge in [0.1, 0.15) is 5.56 Å². The summed E-state index contributed by atoms with van der Waals surface area (Å²) in [5.41, 5.74) is 1.64. The lowest BCUT2D eigenvalue weighted by molar-refractivity contribution is 0.0989. The summed E-state index contributed by atoms with van der Waals surface area (Å²) >= 11 is 0. The van der Waals surface area contributed by atoms with Crippen LogP contribution < -0.4 is 4.90 Å². The number of aromatic nitrogens is 2. The molecule has 0 bridgehead atoms. The van der Waals surface area contributed by atoms with Gasteiger partial charge in [-0.3, -0.25) is 9.89 Å². The molecule has 2 aromatic rings. The molecule has 2 rings (SSSR count). The molecule has 0 unspecified atom stereocenters. The van der Waals surface area contributed by atoms with E-state index in [0.717, 1.165) is 11.3 Å². The van der Waals surface area contributed by atoms with Crippen molar-refractivity contribution < 1.29 is 9.18 Å². The molecule has 1 aromatic heterocycles. The van der Waals surface area contributed by atoms with Crippen LogP contribution in [0.2, 0.25) is 0 Å². The Morgan fingerprint density at radius 3 is 2.71 bits per heavy atom. The molecule has 0 atom stereocenters. The highest BCUT2D eigenvalue weighted by molar-refractivity contribution is 6.05. The molecule has 1 N–H and O–H groups in total. The van der Waals surface area contributed by atoms with Crippen LogP contribution in [0.5, 0.6) is 0 Å². The Bertz CT molecular complexity index is 550. The lowest BCUT2D eigenvalue weighted by atomic mass is 10.1. The first kappa shape index (κ1) is 11.3.